The third-order valence-electron chi connectivity index (χ3n) is 4.34. The Bertz CT molecular complexity index is 512. The maximum atomic E-state index is 12.3. The van der Waals surface area contributed by atoms with Gasteiger partial charge in [-0.3, -0.25) is 4.79 Å². The standard InChI is InChI=1S/C14H25NO5S/c1-13(2,3)21(19,20)10-11(16)15(4)14(12(17)18)8-6-5-7-9-14/h5-10H2,1-4H3,(H,17,18). The summed E-state index contributed by atoms with van der Waals surface area (Å²) in [6, 6.07) is 0. The Balaban J connectivity index is 2.98. The summed E-state index contributed by atoms with van der Waals surface area (Å²) in [6.07, 6.45) is 3.16. The molecule has 0 spiro atoms. The molecule has 1 amide bonds. The number of hydrogen-bond acceptors (Lipinski definition) is 4. The number of amides is 1. The molecule has 21 heavy (non-hydrogen) atoms. The zero-order chi connectivity index (χ0) is 16.5. The van der Waals surface area contributed by atoms with Crippen LogP contribution >= 0.6 is 0 Å². The predicted octanol–water partition coefficient (Wildman–Crippen LogP) is 1.45. The lowest BCUT2D eigenvalue weighted by Gasteiger charge is -2.41. The van der Waals surface area contributed by atoms with Crippen molar-refractivity contribution in [1.29, 1.82) is 0 Å². The van der Waals surface area contributed by atoms with Crippen molar-refractivity contribution in [2.45, 2.75) is 63.2 Å². The monoisotopic (exact) mass is 319 g/mol. The average molecular weight is 319 g/mol. The van der Waals surface area contributed by atoms with Gasteiger partial charge in [-0.05, 0) is 33.6 Å². The van der Waals surface area contributed by atoms with Crippen LogP contribution in [0.2, 0.25) is 0 Å². The molecule has 0 saturated heterocycles. The summed E-state index contributed by atoms with van der Waals surface area (Å²) < 4.78 is 23.2. The molecule has 1 aliphatic rings. The van der Waals surface area contributed by atoms with E-state index in [2.05, 4.69) is 0 Å². The number of carbonyl (C=O) groups is 2. The Hall–Kier alpha value is -1.11. The van der Waals surface area contributed by atoms with Crippen LogP contribution in [0.5, 0.6) is 0 Å². The molecule has 122 valence electrons. The van der Waals surface area contributed by atoms with Gasteiger partial charge in [0.25, 0.3) is 0 Å². The fourth-order valence-corrected chi connectivity index (χ4v) is 3.50. The lowest BCUT2D eigenvalue weighted by Crippen LogP contribution is -2.57. The Morgan fingerprint density at radius 1 is 1.14 bits per heavy atom. The molecule has 1 aliphatic carbocycles. The molecule has 1 saturated carbocycles. The van der Waals surface area contributed by atoms with Gasteiger partial charge < -0.3 is 10.0 Å². The Kier molecular flexibility index (Phi) is 5.08. The van der Waals surface area contributed by atoms with Crippen LogP contribution in [0, 0.1) is 0 Å². The smallest absolute Gasteiger partial charge is 0.329 e. The second kappa shape index (κ2) is 5.94. The molecule has 0 heterocycles. The molecule has 0 unspecified atom stereocenters. The van der Waals surface area contributed by atoms with E-state index >= 15 is 0 Å². The number of hydrogen-bond donors (Lipinski definition) is 1. The maximum Gasteiger partial charge on any atom is 0.329 e. The molecule has 0 atom stereocenters. The first-order valence-corrected chi connectivity index (χ1v) is 8.82. The Labute approximate surface area is 126 Å². The van der Waals surface area contributed by atoms with Crippen LogP contribution in [-0.4, -0.2) is 53.4 Å². The van der Waals surface area contributed by atoms with Gasteiger partial charge in [0.15, 0.2) is 9.84 Å². The second-order valence-corrected chi connectivity index (χ2v) is 9.46. The first-order valence-electron chi connectivity index (χ1n) is 7.16. The van der Waals surface area contributed by atoms with E-state index < -0.39 is 37.8 Å². The summed E-state index contributed by atoms with van der Waals surface area (Å²) in [4.78, 5) is 25.1. The van der Waals surface area contributed by atoms with Gasteiger partial charge in [0.2, 0.25) is 5.91 Å². The van der Waals surface area contributed by atoms with Crippen LogP contribution in [0.15, 0.2) is 0 Å². The number of aliphatic carboxylic acids is 1. The number of likely N-dealkylation sites (N-methyl/N-ethyl adjacent to an activating group) is 1. The SMILES string of the molecule is CN(C(=O)CS(=O)(=O)C(C)(C)C)C1(C(=O)O)CCCCC1. The van der Waals surface area contributed by atoms with Crippen molar-refractivity contribution < 1.29 is 23.1 Å². The molecule has 0 aromatic rings. The first-order chi connectivity index (χ1) is 9.44. The summed E-state index contributed by atoms with van der Waals surface area (Å²) in [6.45, 7) is 4.59. The third-order valence-corrected chi connectivity index (χ3v) is 6.83. The summed E-state index contributed by atoms with van der Waals surface area (Å²) >= 11 is 0. The minimum Gasteiger partial charge on any atom is -0.479 e. The number of nitrogens with zero attached hydrogens (tertiary/aromatic N) is 1. The average Bonchev–Trinajstić information content (AvgIpc) is 2.36. The molecule has 1 rings (SSSR count). The van der Waals surface area contributed by atoms with E-state index in [9.17, 15) is 23.1 Å². The molecule has 6 nitrogen and oxygen atoms in total. The normalized spacial score (nSPS) is 19.0. The van der Waals surface area contributed by atoms with E-state index in [0.717, 1.165) is 24.2 Å². The highest BCUT2D eigenvalue weighted by atomic mass is 32.2. The summed E-state index contributed by atoms with van der Waals surface area (Å²) in [7, 11) is -2.21. The fourth-order valence-electron chi connectivity index (χ4n) is 2.54. The fraction of sp³-hybridized carbons (Fsp3) is 0.857. The molecule has 1 fully saturated rings. The first kappa shape index (κ1) is 17.9. The minimum absolute atomic E-state index is 0.375. The van der Waals surface area contributed by atoms with Crippen molar-refractivity contribution in [3.63, 3.8) is 0 Å². The lowest BCUT2D eigenvalue weighted by atomic mass is 9.80. The number of carboxylic acids is 1. The number of rotatable bonds is 4. The van der Waals surface area contributed by atoms with Crippen LogP contribution in [0.1, 0.15) is 52.9 Å². The van der Waals surface area contributed by atoms with E-state index in [-0.39, 0.29) is 0 Å². The highest BCUT2D eigenvalue weighted by molar-refractivity contribution is 7.93. The Morgan fingerprint density at radius 3 is 2.00 bits per heavy atom. The molecule has 7 heteroatoms. The van der Waals surface area contributed by atoms with Crippen molar-refractivity contribution in [1.82, 2.24) is 4.90 Å². The van der Waals surface area contributed by atoms with Crippen molar-refractivity contribution in [2.75, 3.05) is 12.8 Å². The topological polar surface area (TPSA) is 91.8 Å². The van der Waals surface area contributed by atoms with Crippen LogP contribution in [0.4, 0.5) is 0 Å². The van der Waals surface area contributed by atoms with Crippen molar-refractivity contribution in [3.05, 3.63) is 0 Å². The van der Waals surface area contributed by atoms with Crippen molar-refractivity contribution >= 4 is 21.7 Å². The van der Waals surface area contributed by atoms with Crippen LogP contribution in [0.3, 0.4) is 0 Å². The van der Waals surface area contributed by atoms with E-state index in [1.807, 2.05) is 0 Å². The quantitative estimate of drug-likeness (QED) is 0.846. The van der Waals surface area contributed by atoms with E-state index in [1.54, 1.807) is 0 Å². The maximum absolute atomic E-state index is 12.3. The Morgan fingerprint density at radius 2 is 1.62 bits per heavy atom. The van der Waals surface area contributed by atoms with Gasteiger partial charge in [0.05, 0.1) is 4.75 Å². The zero-order valence-corrected chi connectivity index (χ0v) is 14.0. The van der Waals surface area contributed by atoms with Gasteiger partial charge in [0.1, 0.15) is 11.3 Å². The van der Waals surface area contributed by atoms with Gasteiger partial charge in [-0.25, -0.2) is 13.2 Å². The predicted molar refractivity (Wildman–Crippen MR) is 79.8 cm³/mol. The van der Waals surface area contributed by atoms with Crippen LogP contribution in [-0.2, 0) is 19.4 Å². The molecule has 0 bridgehead atoms. The van der Waals surface area contributed by atoms with Gasteiger partial charge in [-0.2, -0.15) is 0 Å². The molecule has 0 aromatic heterocycles. The van der Waals surface area contributed by atoms with Crippen molar-refractivity contribution in [3.8, 4) is 0 Å². The highest BCUT2D eigenvalue weighted by Crippen LogP contribution is 2.33. The molecule has 0 aliphatic heterocycles. The van der Waals surface area contributed by atoms with Crippen LogP contribution < -0.4 is 0 Å². The van der Waals surface area contributed by atoms with Crippen molar-refractivity contribution in [2.24, 2.45) is 0 Å². The van der Waals surface area contributed by atoms with Gasteiger partial charge in [-0.1, -0.05) is 19.3 Å². The number of sulfone groups is 1. The molecule has 1 N–H and O–H groups in total. The summed E-state index contributed by atoms with van der Waals surface area (Å²) in [5, 5.41) is 9.52. The van der Waals surface area contributed by atoms with Gasteiger partial charge in [-0.15, -0.1) is 0 Å². The molecule has 0 radical (unpaired) electrons. The van der Waals surface area contributed by atoms with Gasteiger partial charge >= 0.3 is 5.97 Å². The van der Waals surface area contributed by atoms with Gasteiger partial charge in [0, 0.05) is 7.05 Å². The molecular weight excluding hydrogens is 294 g/mol. The zero-order valence-electron chi connectivity index (χ0n) is 13.2. The van der Waals surface area contributed by atoms with E-state index in [4.69, 9.17) is 0 Å². The summed E-state index contributed by atoms with van der Waals surface area (Å²) in [5.74, 6) is -2.34. The number of carboxylic acid groups (broad SMARTS) is 1. The summed E-state index contributed by atoms with van der Waals surface area (Å²) in [5.41, 5.74) is -1.26. The minimum atomic E-state index is -3.62. The second-order valence-electron chi connectivity index (χ2n) is 6.72. The highest BCUT2D eigenvalue weighted by Gasteiger charge is 2.46. The van der Waals surface area contributed by atoms with Crippen LogP contribution in [0.25, 0.3) is 0 Å². The van der Waals surface area contributed by atoms with E-state index in [1.165, 1.54) is 27.8 Å². The third kappa shape index (κ3) is 3.56. The number of carbonyl (C=O) groups excluding carboxylic acids is 1. The molecule has 0 aromatic carbocycles. The largest absolute Gasteiger partial charge is 0.479 e. The molecular formula is C14H25NO5S. The van der Waals surface area contributed by atoms with E-state index in [0.29, 0.717) is 12.8 Å². The lowest BCUT2D eigenvalue weighted by molar-refractivity contribution is -0.159.